The molecule has 1 amide bonds. The summed E-state index contributed by atoms with van der Waals surface area (Å²) in [6.07, 6.45) is -0.685. The van der Waals surface area contributed by atoms with E-state index in [1.165, 1.54) is 12.1 Å². The summed E-state index contributed by atoms with van der Waals surface area (Å²) in [5.41, 5.74) is 1.04. The van der Waals surface area contributed by atoms with Crippen LogP contribution in [0.5, 0.6) is 0 Å². The maximum absolute atomic E-state index is 13.1. The summed E-state index contributed by atoms with van der Waals surface area (Å²) in [5, 5.41) is 10.9. The third-order valence-corrected chi connectivity index (χ3v) is 2.44. The van der Waals surface area contributed by atoms with Crippen LogP contribution >= 0.6 is 15.9 Å². The van der Waals surface area contributed by atoms with Crippen molar-refractivity contribution in [3.05, 3.63) is 28.0 Å². The minimum atomic E-state index is -0.685. The van der Waals surface area contributed by atoms with E-state index in [1.807, 2.05) is 0 Å². The molecule has 1 aromatic carbocycles. The first-order valence-electron chi connectivity index (χ1n) is 4.55. The van der Waals surface area contributed by atoms with Crippen molar-refractivity contribution < 1.29 is 19.0 Å². The molecule has 4 nitrogen and oxygen atoms in total. The highest BCUT2D eigenvalue weighted by Crippen LogP contribution is 2.24. The molecule has 0 aliphatic rings. The Balaban J connectivity index is 2.73. The summed E-state index contributed by atoms with van der Waals surface area (Å²) in [7, 11) is 0. The smallest absolute Gasteiger partial charge is 0.411 e. The highest BCUT2D eigenvalue weighted by molar-refractivity contribution is 9.10. The number of ether oxygens (including phenoxy) is 1. The molecule has 2 N–H and O–H groups in total. The molecule has 0 spiro atoms. The summed E-state index contributed by atoms with van der Waals surface area (Å²) in [6, 6.07) is 2.75. The van der Waals surface area contributed by atoms with Crippen molar-refractivity contribution in [2.24, 2.45) is 0 Å². The second kappa shape index (κ2) is 5.81. The Kier molecular flexibility index (Phi) is 4.70. The van der Waals surface area contributed by atoms with Gasteiger partial charge in [-0.3, -0.25) is 5.32 Å². The number of aryl methyl sites for hydroxylation is 1. The number of benzene rings is 1. The van der Waals surface area contributed by atoms with Crippen LogP contribution in [0.25, 0.3) is 0 Å². The first-order valence-corrected chi connectivity index (χ1v) is 5.34. The van der Waals surface area contributed by atoms with Crippen molar-refractivity contribution in [3.63, 3.8) is 0 Å². The van der Waals surface area contributed by atoms with Crippen molar-refractivity contribution in [2.45, 2.75) is 6.92 Å². The summed E-state index contributed by atoms with van der Waals surface area (Å²) >= 11 is 3.02. The van der Waals surface area contributed by atoms with Crippen LogP contribution in [0.3, 0.4) is 0 Å². The Bertz CT molecular complexity index is 398. The molecule has 1 rings (SSSR count). The van der Waals surface area contributed by atoms with Crippen molar-refractivity contribution in [1.29, 1.82) is 0 Å². The molecule has 6 heteroatoms. The van der Waals surface area contributed by atoms with Crippen LogP contribution in [-0.4, -0.2) is 24.4 Å². The normalized spacial score (nSPS) is 10.0. The molecule has 1 aromatic rings. The molecule has 0 heterocycles. The molecule has 0 saturated heterocycles. The fourth-order valence-corrected chi connectivity index (χ4v) is 1.41. The van der Waals surface area contributed by atoms with Crippen LogP contribution in [-0.2, 0) is 4.74 Å². The lowest BCUT2D eigenvalue weighted by molar-refractivity contribution is 0.131. The van der Waals surface area contributed by atoms with Gasteiger partial charge in [0.1, 0.15) is 12.4 Å². The Morgan fingerprint density at radius 1 is 1.62 bits per heavy atom. The number of hydrogen-bond donors (Lipinski definition) is 2. The van der Waals surface area contributed by atoms with Gasteiger partial charge in [-0.25, -0.2) is 9.18 Å². The zero-order chi connectivity index (χ0) is 12.1. The number of amides is 1. The van der Waals surface area contributed by atoms with E-state index >= 15 is 0 Å². The van der Waals surface area contributed by atoms with E-state index in [0.29, 0.717) is 11.3 Å². The maximum atomic E-state index is 13.1. The van der Waals surface area contributed by atoms with Crippen LogP contribution in [0.2, 0.25) is 0 Å². The lowest BCUT2D eigenvalue weighted by atomic mass is 10.2. The summed E-state index contributed by atoms with van der Waals surface area (Å²) < 4.78 is 17.9. The topological polar surface area (TPSA) is 58.6 Å². The van der Waals surface area contributed by atoms with E-state index in [1.54, 1.807) is 6.92 Å². The number of carbonyl (C=O) groups excluding carboxylic acids is 1. The quantitative estimate of drug-likeness (QED) is 0.899. The molecular formula is C10H11BrFNO3. The molecule has 0 saturated carbocycles. The maximum Gasteiger partial charge on any atom is 0.411 e. The number of hydrogen-bond acceptors (Lipinski definition) is 3. The number of anilines is 1. The van der Waals surface area contributed by atoms with Gasteiger partial charge in [0.15, 0.2) is 0 Å². The van der Waals surface area contributed by atoms with Gasteiger partial charge in [-0.15, -0.1) is 0 Å². The minimum absolute atomic E-state index is 0.0761. The number of rotatable bonds is 3. The molecule has 0 fully saturated rings. The van der Waals surface area contributed by atoms with Crippen LogP contribution in [0.1, 0.15) is 5.56 Å². The minimum Gasteiger partial charge on any atom is -0.447 e. The highest BCUT2D eigenvalue weighted by atomic mass is 79.9. The third kappa shape index (κ3) is 3.46. The average molecular weight is 292 g/mol. The van der Waals surface area contributed by atoms with E-state index < -0.39 is 11.9 Å². The second-order valence-corrected chi connectivity index (χ2v) is 3.92. The van der Waals surface area contributed by atoms with Gasteiger partial charge in [-0.2, -0.15) is 0 Å². The lowest BCUT2D eigenvalue weighted by Crippen LogP contribution is -2.16. The molecule has 0 atom stereocenters. The van der Waals surface area contributed by atoms with Gasteiger partial charge in [-0.1, -0.05) is 0 Å². The highest BCUT2D eigenvalue weighted by Gasteiger charge is 2.08. The Morgan fingerprint density at radius 3 is 2.94 bits per heavy atom. The fraction of sp³-hybridized carbons (Fsp3) is 0.300. The largest absolute Gasteiger partial charge is 0.447 e. The van der Waals surface area contributed by atoms with E-state index in [4.69, 9.17) is 5.11 Å². The van der Waals surface area contributed by atoms with E-state index in [2.05, 4.69) is 26.0 Å². The third-order valence-electron chi connectivity index (χ3n) is 1.83. The second-order valence-electron chi connectivity index (χ2n) is 3.07. The first-order chi connectivity index (χ1) is 7.54. The number of aliphatic hydroxyl groups is 1. The number of aliphatic hydroxyl groups excluding tert-OH is 1. The average Bonchev–Trinajstić information content (AvgIpc) is 2.23. The molecule has 0 unspecified atom stereocenters. The molecule has 16 heavy (non-hydrogen) atoms. The predicted molar refractivity (Wildman–Crippen MR) is 60.9 cm³/mol. The van der Waals surface area contributed by atoms with Crippen LogP contribution in [0, 0.1) is 12.7 Å². The summed E-state index contributed by atoms with van der Waals surface area (Å²) in [4.78, 5) is 11.2. The molecule has 0 aliphatic carbocycles. The van der Waals surface area contributed by atoms with E-state index in [9.17, 15) is 9.18 Å². The van der Waals surface area contributed by atoms with Gasteiger partial charge in [0.05, 0.1) is 11.1 Å². The standard InChI is InChI=1S/C10H11BrFNO3/c1-6-4-8(12)7(11)5-9(6)13-10(15)16-3-2-14/h4-5,14H,2-3H2,1H3,(H,13,15). The van der Waals surface area contributed by atoms with E-state index in [-0.39, 0.29) is 17.7 Å². The first kappa shape index (κ1) is 12.9. The Hall–Kier alpha value is -1.14. The van der Waals surface area contributed by atoms with Crippen molar-refractivity contribution in [1.82, 2.24) is 0 Å². The van der Waals surface area contributed by atoms with Crippen LogP contribution in [0.15, 0.2) is 16.6 Å². The molecule has 0 aromatic heterocycles. The number of nitrogens with one attached hydrogen (secondary N) is 1. The molecule has 0 aliphatic heterocycles. The zero-order valence-electron chi connectivity index (χ0n) is 8.59. The van der Waals surface area contributed by atoms with Crippen LogP contribution < -0.4 is 5.32 Å². The van der Waals surface area contributed by atoms with Gasteiger partial charge in [-0.05, 0) is 40.5 Å². The lowest BCUT2D eigenvalue weighted by Gasteiger charge is -2.09. The van der Waals surface area contributed by atoms with Crippen molar-refractivity contribution in [2.75, 3.05) is 18.5 Å². The monoisotopic (exact) mass is 291 g/mol. The zero-order valence-corrected chi connectivity index (χ0v) is 10.2. The fourth-order valence-electron chi connectivity index (χ4n) is 1.07. The van der Waals surface area contributed by atoms with Crippen molar-refractivity contribution in [3.8, 4) is 0 Å². The summed E-state index contributed by atoms with van der Waals surface area (Å²) in [6.45, 7) is 1.35. The molecule has 88 valence electrons. The van der Waals surface area contributed by atoms with Gasteiger partial charge < -0.3 is 9.84 Å². The van der Waals surface area contributed by atoms with Gasteiger partial charge in [0.25, 0.3) is 0 Å². The Labute approximate surface area is 101 Å². The van der Waals surface area contributed by atoms with Gasteiger partial charge in [0.2, 0.25) is 0 Å². The number of halogens is 2. The SMILES string of the molecule is Cc1cc(F)c(Br)cc1NC(=O)OCCO. The molecular weight excluding hydrogens is 281 g/mol. The van der Waals surface area contributed by atoms with Crippen LogP contribution in [0.4, 0.5) is 14.9 Å². The summed E-state index contributed by atoms with van der Waals surface area (Å²) in [5.74, 6) is -0.397. The Morgan fingerprint density at radius 2 is 2.31 bits per heavy atom. The predicted octanol–water partition coefficient (Wildman–Crippen LogP) is 2.44. The number of carbonyl (C=O) groups is 1. The van der Waals surface area contributed by atoms with E-state index in [0.717, 1.165) is 0 Å². The van der Waals surface area contributed by atoms with Crippen molar-refractivity contribution >= 4 is 27.7 Å². The molecule has 0 radical (unpaired) electrons. The van der Waals surface area contributed by atoms with Gasteiger partial charge >= 0.3 is 6.09 Å². The molecule has 0 bridgehead atoms. The van der Waals surface area contributed by atoms with Gasteiger partial charge in [0, 0.05) is 5.69 Å².